The number of imide groups is 1. The van der Waals surface area contributed by atoms with E-state index in [1.54, 1.807) is 20.8 Å². The molecule has 2 rings (SSSR count). The van der Waals surface area contributed by atoms with Crippen molar-refractivity contribution in [2.24, 2.45) is 0 Å². The third kappa shape index (κ3) is 4.45. The number of carbonyl (C=O) groups is 3. The first-order chi connectivity index (χ1) is 12.2. The Balaban J connectivity index is 2.02. The van der Waals surface area contributed by atoms with Crippen LogP contribution in [0.25, 0.3) is 10.2 Å². The van der Waals surface area contributed by atoms with Crippen molar-refractivity contribution in [1.29, 1.82) is 0 Å². The maximum atomic E-state index is 12.2. The number of aromatic amines is 1. The molecule has 0 aliphatic heterocycles. The largest absolute Gasteiger partial charge is 0.451 e. The van der Waals surface area contributed by atoms with E-state index in [1.807, 2.05) is 6.92 Å². The molecule has 0 saturated carbocycles. The van der Waals surface area contributed by atoms with Crippen molar-refractivity contribution >= 4 is 39.5 Å². The van der Waals surface area contributed by atoms with Gasteiger partial charge in [0, 0.05) is 6.04 Å². The standard InChI is InChI=1S/C16H20N4O5S/c1-5-7(2)17-16(24)20-10(21)6-25-15(23)12-8(3)11-13(22)18-9(4)19-14(11)26-12/h7H,5-6H2,1-4H3,(H,18,19,22)(H2,17,20,21,24)/t7-/m1/s1. The minimum Gasteiger partial charge on any atom is -0.451 e. The number of aryl methyl sites for hydroxylation is 2. The number of esters is 1. The van der Waals surface area contributed by atoms with Crippen LogP contribution < -0.4 is 16.2 Å². The van der Waals surface area contributed by atoms with Crippen molar-refractivity contribution in [2.45, 2.75) is 40.2 Å². The van der Waals surface area contributed by atoms with Gasteiger partial charge in [-0.25, -0.2) is 14.6 Å². The number of fused-ring (bicyclic) bond motifs is 1. The van der Waals surface area contributed by atoms with Crippen molar-refractivity contribution in [2.75, 3.05) is 6.61 Å². The van der Waals surface area contributed by atoms with Crippen LogP contribution >= 0.6 is 11.3 Å². The van der Waals surface area contributed by atoms with Crippen molar-refractivity contribution in [3.05, 3.63) is 26.6 Å². The summed E-state index contributed by atoms with van der Waals surface area (Å²) in [7, 11) is 0. The maximum absolute atomic E-state index is 12.2. The lowest BCUT2D eigenvalue weighted by atomic mass is 10.2. The summed E-state index contributed by atoms with van der Waals surface area (Å²) in [5.74, 6) is -1.06. The molecule has 0 aliphatic rings. The van der Waals surface area contributed by atoms with E-state index < -0.39 is 24.5 Å². The Morgan fingerprint density at radius 2 is 2.00 bits per heavy atom. The van der Waals surface area contributed by atoms with Crippen LogP contribution in [0.1, 0.15) is 41.3 Å². The molecule has 140 valence electrons. The van der Waals surface area contributed by atoms with Crippen molar-refractivity contribution < 1.29 is 19.1 Å². The summed E-state index contributed by atoms with van der Waals surface area (Å²) in [5, 5.41) is 4.97. The zero-order valence-corrected chi connectivity index (χ0v) is 15.7. The van der Waals surface area contributed by atoms with Gasteiger partial charge in [0.1, 0.15) is 15.5 Å². The number of nitrogens with zero attached hydrogens (tertiary/aromatic N) is 1. The Hall–Kier alpha value is -2.75. The lowest BCUT2D eigenvalue weighted by Crippen LogP contribution is -2.44. The molecule has 0 saturated heterocycles. The van der Waals surface area contributed by atoms with E-state index in [1.165, 1.54) is 0 Å². The van der Waals surface area contributed by atoms with Gasteiger partial charge < -0.3 is 15.0 Å². The molecule has 0 aliphatic carbocycles. The van der Waals surface area contributed by atoms with Gasteiger partial charge in [-0.3, -0.25) is 14.9 Å². The minimum atomic E-state index is -0.750. The highest BCUT2D eigenvalue weighted by molar-refractivity contribution is 7.20. The Kier molecular flexibility index (Phi) is 6.09. The summed E-state index contributed by atoms with van der Waals surface area (Å²) in [5.41, 5.74) is 0.110. The van der Waals surface area contributed by atoms with Crippen LogP contribution in [0.5, 0.6) is 0 Å². The first-order valence-corrected chi connectivity index (χ1v) is 8.82. The highest BCUT2D eigenvalue weighted by Gasteiger charge is 2.21. The number of ether oxygens (including phenoxy) is 1. The molecule has 2 heterocycles. The van der Waals surface area contributed by atoms with E-state index in [0.29, 0.717) is 28.0 Å². The molecule has 0 fully saturated rings. The monoisotopic (exact) mass is 380 g/mol. The summed E-state index contributed by atoms with van der Waals surface area (Å²) in [6.45, 7) is 6.34. The number of urea groups is 1. The Labute approximate surface area is 153 Å². The number of aromatic nitrogens is 2. The van der Waals surface area contributed by atoms with Crippen LogP contribution in [-0.4, -0.2) is 40.5 Å². The van der Waals surface area contributed by atoms with Gasteiger partial charge in [0.15, 0.2) is 6.61 Å². The number of amides is 3. The zero-order chi connectivity index (χ0) is 19.4. The second-order valence-electron chi connectivity index (χ2n) is 5.79. The number of nitrogens with one attached hydrogen (secondary N) is 3. The summed E-state index contributed by atoms with van der Waals surface area (Å²) in [4.78, 5) is 54.9. The number of H-pyrrole nitrogens is 1. The highest BCUT2D eigenvalue weighted by atomic mass is 32.1. The molecule has 10 heteroatoms. The summed E-state index contributed by atoms with van der Waals surface area (Å²) < 4.78 is 4.94. The normalized spacial score (nSPS) is 11.8. The van der Waals surface area contributed by atoms with Gasteiger partial charge >= 0.3 is 12.0 Å². The van der Waals surface area contributed by atoms with Crippen LogP contribution in [0, 0.1) is 13.8 Å². The Morgan fingerprint density at radius 3 is 2.65 bits per heavy atom. The predicted molar refractivity (Wildman–Crippen MR) is 96.4 cm³/mol. The summed E-state index contributed by atoms with van der Waals surface area (Å²) in [6, 6.07) is -0.731. The van der Waals surface area contributed by atoms with Crippen LogP contribution in [0.3, 0.4) is 0 Å². The third-order valence-electron chi connectivity index (χ3n) is 3.68. The van der Waals surface area contributed by atoms with Crippen molar-refractivity contribution in [1.82, 2.24) is 20.6 Å². The van der Waals surface area contributed by atoms with E-state index in [9.17, 15) is 19.2 Å². The lowest BCUT2D eigenvalue weighted by molar-refractivity contribution is -0.123. The summed E-state index contributed by atoms with van der Waals surface area (Å²) >= 11 is 1.02. The zero-order valence-electron chi connectivity index (χ0n) is 14.9. The van der Waals surface area contributed by atoms with Crippen LogP contribution in [-0.2, 0) is 9.53 Å². The Bertz CT molecular complexity index is 917. The first-order valence-electron chi connectivity index (χ1n) is 8.00. The molecule has 3 amide bonds. The molecule has 0 bridgehead atoms. The fraction of sp³-hybridized carbons (Fsp3) is 0.438. The van der Waals surface area contributed by atoms with Gasteiger partial charge in [0.2, 0.25) is 0 Å². The minimum absolute atomic E-state index is 0.0828. The molecule has 0 radical (unpaired) electrons. The predicted octanol–water partition coefficient (Wildman–Crippen LogP) is 1.38. The van der Waals surface area contributed by atoms with Crippen LogP contribution in [0.4, 0.5) is 4.79 Å². The van der Waals surface area contributed by atoms with Gasteiger partial charge in [-0.2, -0.15) is 0 Å². The van der Waals surface area contributed by atoms with E-state index in [0.717, 1.165) is 11.3 Å². The van der Waals surface area contributed by atoms with Gasteiger partial charge in [-0.05, 0) is 32.8 Å². The molecular formula is C16H20N4O5S. The molecule has 0 unspecified atom stereocenters. The third-order valence-corrected chi connectivity index (χ3v) is 4.85. The van der Waals surface area contributed by atoms with E-state index >= 15 is 0 Å². The van der Waals surface area contributed by atoms with E-state index in [2.05, 4.69) is 20.6 Å². The summed E-state index contributed by atoms with van der Waals surface area (Å²) in [6.07, 6.45) is 0.717. The lowest BCUT2D eigenvalue weighted by Gasteiger charge is -2.11. The second kappa shape index (κ2) is 8.09. The SMILES string of the molecule is CC[C@@H](C)NC(=O)NC(=O)COC(=O)c1sc2nc(C)[nH]c(=O)c2c1C. The fourth-order valence-corrected chi connectivity index (χ4v) is 3.29. The van der Waals surface area contributed by atoms with Crippen molar-refractivity contribution in [3.63, 3.8) is 0 Å². The molecule has 9 nitrogen and oxygen atoms in total. The molecule has 1 atom stereocenters. The van der Waals surface area contributed by atoms with Crippen LogP contribution in [0.15, 0.2) is 4.79 Å². The number of hydrogen-bond donors (Lipinski definition) is 3. The fourth-order valence-electron chi connectivity index (χ4n) is 2.17. The quantitative estimate of drug-likeness (QED) is 0.672. The number of carbonyl (C=O) groups excluding carboxylic acids is 3. The molecule has 0 spiro atoms. The topological polar surface area (TPSA) is 130 Å². The first kappa shape index (κ1) is 19.6. The molecule has 3 N–H and O–H groups in total. The molecule has 26 heavy (non-hydrogen) atoms. The highest BCUT2D eigenvalue weighted by Crippen LogP contribution is 2.27. The van der Waals surface area contributed by atoms with Gasteiger partial charge in [0.25, 0.3) is 11.5 Å². The molecule has 0 aromatic carbocycles. The molecule has 2 aromatic heterocycles. The van der Waals surface area contributed by atoms with E-state index in [-0.39, 0.29) is 16.5 Å². The van der Waals surface area contributed by atoms with Gasteiger partial charge in [-0.15, -0.1) is 11.3 Å². The number of hydrogen-bond acceptors (Lipinski definition) is 7. The van der Waals surface area contributed by atoms with Crippen molar-refractivity contribution in [3.8, 4) is 0 Å². The van der Waals surface area contributed by atoms with Gasteiger partial charge in [0.05, 0.1) is 5.39 Å². The van der Waals surface area contributed by atoms with Gasteiger partial charge in [-0.1, -0.05) is 6.92 Å². The number of thiophene rings is 1. The Morgan fingerprint density at radius 1 is 1.31 bits per heavy atom. The second-order valence-corrected chi connectivity index (χ2v) is 6.79. The average molecular weight is 380 g/mol. The number of rotatable bonds is 5. The molecular weight excluding hydrogens is 360 g/mol. The van der Waals surface area contributed by atoms with Crippen LogP contribution in [0.2, 0.25) is 0 Å². The van der Waals surface area contributed by atoms with E-state index in [4.69, 9.17) is 4.74 Å². The smallest absolute Gasteiger partial charge is 0.349 e. The average Bonchev–Trinajstić information content (AvgIpc) is 2.89. The molecule has 2 aromatic rings. The maximum Gasteiger partial charge on any atom is 0.349 e.